The second kappa shape index (κ2) is 5.00. The maximum atomic E-state index is 13.1. The molecule has 6 heteroatoms. The van der Waals surface area contributed by atoms with E-state index in [1.165, 1.54) is 18.3 Å². The van der Waals surface area contributed by atoms with Crippen molar-refractivity contribution in [1.29, 1.82) is 0 Å². The lowest BCUT2D eigenvalue weighted by Crippen LogP contribution is -2.18. The molecular weight excluding hydrogens is 293 g/mol. The van der Waals surface area contributed by atoms with Gasteiger partial charge in [-0.15, -0.1) is 0 Å². The van der Waals surface area contributed by atoms with Gasteiger partial charge in [-0.2, -0.15) is 0 Å². The summed E-state index contributed by atoms with van der Waals surface area (Å²) in [5, 5.41) is 0.419. The molecule has 4 nitrogen and oxygen atoms in total. The van der Waals surface area contributed by atoms with Crippen LogP contribution in [0.5, 0.6) is 0 Å². The van der Waals surface area contributed by atoms with Gasteiger partial charge in [-0.05, 0) is 31.5 Å². The van der Waals surface area contributed by atoms with Crippen LogP contribution in [0.15, 0.2) is 35.3 Å². The molecule has 2 heterocycles. The predicted molar refractivity (Wildman–Crippen MR) is 81.1 cm³/mol. The summed E-state index contributed by atoms with van der Waals surface area (Å²) >= 11 is 6.28. The molecule has 0 bridgehead atoms. The number of H-pyrrole nitrogens is 1. The number of aromatic amines is 1. The van der Waals surface area contributed by atoms with Crippen molar-refractivity contribution in [3.63, 3.8) is 0 Å². The summed E-state index contributed by atoms with van der Waals surface area (Å²) in [6.45, 7) is 3.81. The summed E-state index contributed by atoms with van der Waals surface area (Å²) in [6, 6.07) is 5.95. The number of hydrogen-bond acceptors (Lipinski definition) is 2. The first-order valence-electron chi connectivity index (χ1n) is 6.53. The molecule has 0 aliphatic carbocycles. The van der Waals surface area contributed by atoms with E-state index in [0.29, 0.717) is 21.7 Å². The highest BCUT2D eigenvalue weighted by Gasteiger charge is 2.18. The fourth-order valence-electron chi connectivity index (χ4n) is 2.45. The zero-order valence-corrected chi connectivity index (χ0v) is 12.3. The fourth-order valence-corrected chi connectivity index (χ4v) is 2.70. The van der Waals surface area contributed by atoms with Gasteiger partial charge in [0.15, 0.2) is 5.65 Å². The Bertz CT molecular complexity index is 865. The second-order valence-electron chi connectivity index (χ2n) is 5.08. The largest absolute Gasteiger partial charge is 0.327 e. The molecule has 3 aromatic rings. The van der Waals surface area contributed by atoms with E-state index in [0.717, 1.165) is 5.56 Å². The molecule has 0 radical (unpaired) electrons. The lowest BCUT2D eigenvalue weighted by atomic mass is 10.1. The van der Waals surface area contributed by atoms with Gasteiger partial charge in [0.1, 0.15) is 5.82 Å². The molecule has 1 aromatic carbocycles. The van der Waals surface area contributed by atoms with Crippen LogP contribution in [-0.2, 0) is 0 Å². The Morgan fingerprint density at radius 2 is 1.95 bits per heavy atom. The number of nitrogens with one attached hydrogen (secondary N) is 1. The lowest BCUT2D eigenvalue weighted by Gasteiger charge is -2.12. The number of pyridine rings is 1. The minimum absolute atomic E-state index is 0.0503. The fraction of sp³-hybridized carbons (Fsp3) is 0.200. The van der Waals surface area contributed by atoms with Gasteiger partial charge < -0.3 is 0 Å². The highest BCUT2D eigenvalue weighted by atomic mass is 35.5. The van der Waals surface area contributed by atoms with Crippen LogP contribution in [-0.4, -0.2) is 14.5 Å². The molecule has 3 rings (SSSR count). The minimum atomic E-state index is -0.324. The first-order chi connectivity index (χ1) is 9.99. The molecule has 0 aliphatic heterocycles. The molecule has 0 aliphatic rings. The molecule has 0 fully saturated rings. The Balaban J connectivity index is 2.43. The summed E-state index contributed by atoms with van der Waals surface area (Å²) in [7, 11) is 0. The standard InChI is InChI=1S/C15H13ClFN3O/c1-8(2)20-13-12(9-3-5-10(17)6-4-9)11(16)7-18-14(13)19-15(20)21/h3-8H,1-2H3,(H,18,19,21). The van der Waals surface area contributed by atoms with Gasteiger partial charge in [0.2, 0.25) is 0 Å². The molecule has 2 aromatic heterocycles. The van der Waals surface area contributed by atoms with Crippen LogP contribution in [0.4, 0.5) is 4.39 Å². The number of nitrogens with zero attached hydrogens (tertiary/aromatic N) is 2. The van der Waals surface area contributed by atoms with Gasteiger partial charge in [0, 0.05) is 17.8 Å². The Morgan fingerprint density at radius 3 is 2.57 bits per heavy atom. The van der Waals surface area contributed by atoms with E-state index in [1.807, 2.05) is 13.8 Å². The summed E-state index contributed by atoms with van der Waals surface area (Å²) in [6.07, 6.45) is 1.49. The SMILES string of the molecule is CC(C)n1c(=O)[nH]c2ncc(Cl)c(-c3ccc(F)cc3)c21. The maximum absolute atomic E-state index is 13.1. The van der Waals surface area contributed by atoms with Gasteiger partial charge in [-0.25, -0.2) is 14.2 Å². The number of imidazole rings is 1. The third kappa shape index (κ3) is 2.23. The average molecular weight is 306 g/mol. The summed E-state index contributed by atoms with van der Waals surface area (Å²) in [5.74, 6) is -0.324. The molecule has 0 amide bonds. The summed E-state index contributed by atoms with van der Waals surface area (Å²) in [5.41, 5.74) is 2.28. The summed E-state index contributed by atoms with van der Waals surface area (Å²) < 4.78 is 14.7. The highest BCUT2D eigenvalue weighted by Crippen LogP contribution is 2.34. The molecule has 0 saturated carbocycles. The second-order valence-corrected chi connectivity index (χ2v) is 5.49. The van der Waals surface area contributed by atoms with Crippen LogP contribution < -0.4 is 5.69 Å². The van der Waals surface area contributed by atoms with Gasteiger partial charge in [-0.1, -0.05) is 23.7 Å². The normalized spacial score (nSPS) is 11.5. The van der Waals surface area contributed by atoms with E-state index in [2.05, 4.69) is 9.97 Å². The smallest absolute Gasteiger partial charge is 0.290 e. The third-order valence-electron chi connectivity index (χ3n) is 3.34. The van der Waals surface area contributed by atoms with Crippen LogP contribution in [0.1, 0.15) is 19.9 Å². The number of fused-ring (bicyclic) bond motifs is 1. The number of benzene rings is 1. The minimum Gasteiger partial charge on any atom is -0.290 e. The number of aromatic nitrogens is 3. The number of hydrogen-bond donors (Lipinski definition) is 1. The number of halogens is 2. The summed E-state index contributed by atoms with van der Waals surface area (Å²) in [4.78, 5) is 19.0. The van der Waals surface area contributed by atoms with Crippen LogP contribution in [0.2, 0.25) is 5.02 Å². The first kappa shape index (κ1) is 13.8. The predicted octanol–water partition coefficient (Wildman–Crippen LogP) is 3.77. The van der Waals surface area contributed by atoms with Crippen molar-refractivity contribution in [2.24, 2.45) is 0 Å². The van der Waals surface area contributed by atoms with Gasteiger partial charge >= 0.3 is 5.69 Å². The lowest BCUT2D eigenvalue weighted by molar-refractivity contribution is 0.598. The van der Waals surface area contributed by atoms with Crippen molar-refractivity contribution >= 4 is 22.8 Å². The molecule has 0 saturated heterocycles. The van der Waals surface area contributed by atoms with E-state index in [9.17, 15) is 9.18 Å². The van der Waals surface area contributed by atoms with Crippen LogP contribution >= 0.6 is 11.6 Å². The third-order valence-corrected chi connectivity index (χ3v) is 3.63. The van der Waals surface area contributed by atoms with E-state index in [4.69, 9.17) is 11.6 Å². The molecule has 1 N–H and O–H groups in total. The van der Waals surface area contributed by atoms with Gasteiger partial charge in [-0.3, -0.25) is 9.55 Å². The van der Waals surface area contributed by atoms with Crippen molar-refractivity contribution < 1.29 is 4.39 Å². The monoisotopic (exact) mass is 305 g/mol. The van der Waals surface area contributed by atoms with Crippen molar-refractivity contribution in [3.8, 4) is 11.1 Å². The first-order valence-corrected chi connectivity index (χ1v) is 6.91. The van der Waals surface area contributed by atoms with Crippen molar-refractivity contribution in [2.75, 3.05) is 0 Å². The number of rotatable bonds is 2. The average Bonchev–Trinajstić information content (AvgIpc) is 2.76. The molecule has 0 atom stereocenters. The van der Waals surface area contributed by atoms with Crippen molar-refractivity contribution in [3.05, 3.63) is 51.8 Å². The van der Waals surface area contributed by atoms with Gasteiger partial charge in [0.05, 0.1) is 10.5 Å². The van der Waals surface area contributed by atoms with E-state index in [1.54, 1.807) is 16.7 Å². The quantitative estimate of drug-likeness (QED) is 0.783. The molecule has 0 unspecified atom stereocenters. The highest BCUT2D eigenvalue weighted by molar-refractivity contribution is 6.34. The van der Waals surface area contributed by atoms with Crippen LogP contribution in [0.25, 0.3) is 22.3 Å². The van der Waals surface area contributed by atoms with Crippen molar-refractivity contribution in [2.45, 2.75) is 19.9 Å². The zero-order chi connectivity index (χ0) is 15.1. The van der Waals surface area contributed by atoms with Gasteiger partial charge in [0.25, 0.3) is 0 Å². The molecule has 108 valence electrons. The maximum Gasteiger partial charge on any atom is 0.327 e. The van der Waals surface area contributed by atoms with E-state index < -0.39 is 0 Å². The Kier molecular flexibility index (Phi) is 3.29. The zero-order valence-electron chi connectivity index (χ0n) is 11.5. The van der Waals surface area contributed by atoms with Crippen molar-refractivity contribution in [1.82, 2.24) is 14.5 Å². The van der Waals surface area contributed by atoms with Crippen LogP contribution in [0, 0.1) is 5.82 Å². The van der Waals surface area contributed by atoms with E-state index in [-0.39, 0.29) is 17.5 Å². The topological polar surface area (TPSA) is 50.7 Å². The molecule has 0 spiro atoms. The molecular formula is C15H13ClFN3O. The Labute approximate surface area is 125 Å². The molecule has 21 heavy (non-hydrogen) atoms. The van der Waals surface area contributed by atoms with Crippen LogP contribution in [0.3, 0.4) is 0 Å². The van der Waals surface area contributed by atoms with E-state index >= 15 is 0 Å². The Hall–Kier alpha value is -2.14. The Morgan fingerprint density at radius 1 is 1.29 bits per heavy atom.